The standard InChI is InChI=1S/C32H58O4/c1-3-4-5-6-7-8-9-10-11-12-13-14-15-16-21-26-35-31(33)28-23-18-19-24-29(28)32(34)36-30-25-20-17-22-27(30)2/h27-30H,3-26H2,1-2H3. The van der Waals surface area contributed by atoms with Gasteiger partial charge in [-0.1, -0.05) is 123 Å². The van der Waals surface area contributed by atoms with Gasteiger partial charge in [0, 0.05) is 0 Å². The first-order valence-corrected chi connectivity index (χ1v) is 16.0. The Kier molecular flexibility index (Phi) is 17.3. The second-order valence-corrected chi connectivity index (χ2v) is 11.9. The maximum absolute atomic E-state index is 12.9. The Morgan fingerprint density at radius 3 is 1.56 bits per heavy atom. The molecule has 210 valence electrons. The molecule has 2 aliphatic carbocycles. The van der Waals surface area contributed by atoms with Crippen LogP contribution in [0.5, 0.6) is 0 Å². The third-order valence-corrected chi connectivity index (χ3v) is 8.66. The Morgan fingerprint density at radius 1 is 0.583 bits per heavy atom. The molecule has 4 unspecified atom stereocenters. The molecule has 2 fully saturated rings. The fourth-order valence-corrected chi connectivity index (χ4v) is 6.14. The summed E-state index contributed by atoms with van der Waals surface area (Å²) in [7, 11) is 0. The minimum Gasteiger partial charge on any atom is -0.465 e. The number of esters is 2. The molecule has 0 aromatic carbocycles. The van der Waals surface area contributed by atoms with Crippen LogP contribution in [0.25, 0.3) is 0 Å². The number of ether oxygens (including phenoxy) is 2. The summed E-state index contributed by atoms with van der Waals surface area (Å²) in [5, 5.41) is 0. The van der Waals surface area contributed by atoms with E-state index in [-0.39, 0.29) is 29.9 Å². The molecule has 4 atom stereocenters. The average Bonchev–Trinajstić information content (AvgIpc) is 2.89. The van der Waals surface area contributed by atoms with Crippen LogP contribution in [0.3, 0.4) is 0 Å². The van der Waals surface area contributed by atoms with E-state index in [0.717, 1.165) is 57.8 Å². The molecule has 2 rings (SSSR count). The van der Waals surface area contributed by atoms with Crippen molar-refractivity contribution in [3.05, 3.63) is 0 Å². The molecule has 0 amide bonds. The zero-order valence-electron chi connectivity index (χ0n) is 23.9. The lowest BCUT2D eigenvalue weighted by Crippen LogP contribution is -2.38. The van der Waals surface area contributed by atoms with Crippen LogP contribution in [-0.4, -0.2) is 24.6 Å². The number of unbranched alkanes of at least 4 members (excludes halogenated alkanes) is 14. The lowest BCUT2D eigenvalue weighted by Gasteiger charge is -2.33. The van der Waals surface area contributed by atoms with Crippen molar-refractivity contribution in [3.63, 3.8) is 0 Å². The summed E-state index contributed by atoms with van der Waals surface area (Å²) in [5.41, 5.74) is 0. The maximum atomic E-state index is 12.9. The van der Waals surface area contributed by atoms with Gasteiger partial charge in [0.2, 0.25) is 0 Å². The van der Waals surface area contributed by atoms with Crippen molar-refractivity contribution in [3.8, 4) is 0 Å². The van der Waals surface area contributed by atoms with Gasteiger partial charge >= 0.3 is 11.9 Å². The van der Waals surface area contributed by atoms with Gasteiger partial charge in [0.05, 0.1) is 18.4 Å². The summed E-state index contributed by atoms with van der Waals surface area (Å²) in [5.74, 6) is -0.495. The van der Waals surface area contributed by atoms with Crippen molar-refractivity contribution in [1.82, 2.24) is 0 Å². The predicted octanol–water partition coefficient (Wildman–Crippen LogP) is 9.33. The Balaban J connectivity index is 1.47. The first-order chi connectivity index (χ1) is 17.6. The predicted molar refractivity (Wildman–Crippen MR) is 149 cm³/mol. The van der Waals surface area contributed by atoms with E-state index in [0.29, 0.717) is 12.5 Å². The zero-order valence-corrected chi connectivity index (χ0v) is 23.9. The normalized spacial score (nSPS) is 24.4. The van der Waals surface area contributed by atoms with Crippen LogP contribution in [0.4, 0.5) is 0 Å². The number of rotatable bonds is 19. The van der Waals surface area contributed by atoms with Crippen molar-refractivity contribution >= 4 is 11.9 Å². The summed E-state index contributed by atoms with van der Waals surface area (Å²) in [6.45, 7) is 4.96. The first-order valence-electron chi connectivity index (χ1n) is 16.0. The smallest absolute Gasteiger partial charge is 0.310 e. The molecule has 0 aromatic rings. The molecular weight excluding hydrogens is 448 g/mol. The lowest BCUT2D eigenvalue weighted by molar-refractivity contribution is -0.168. The summed E-state index contributed by atoms with van der Waals surface area (Å²) in [6.07, 6.45) is 27.9. The largest absolute Gasteiger partial charge is 0.465 e. The first kappa shape index (κ1) is 31.2. The number of hydrogen-bond acceptors (Lipinski definition) is 4. The summed E-state index contributed by atoms with van der Waals surface area (Å²) >= 11 is 0. The molecule has 2 aliphatic rings. The maximum Gasteiger partial charge on any atom is 0.310 e. The van der Waals surface area contributed by atoms with E-state index in [2.05, 4.69) is 13.8 Å². The number of carbonyl (C=O) groups excluding carboxylic acids is 2. The van der Waals surface area contributed by atoms with Crippen molar-refractivity contribution in [2.24, 2.45) is 17.8 Å². The van der Waals surface area contributed by atoms with Gasteiger partial charge in [-0.2, -0.15) is 0 Å². The topological polar surface area (TPSA) is 52.6 Å². The molecule has 2 saturated carbocycles. The van der Waals surface area contributed by atoms with E-state index in [1.165, 1.54) is 89.9 Å². The molecule has 0 N–H and O–H groups in total. The molecule has 0 saturated heterocycles. The van der Waals surface area contributed by atoms with Crippen molar-refractivity contribution in [1.29, 1.82) is 0 Å². The van der Waals surface area contributed by atoms with E-state index in [9.17, 15) is 9.59 Å². The minimum atomic E-state index is -0.304. The molecule has 0 radical (unpaired) electrons. The highest BCUT2D eigenvalue weighted by Gasteiger charge is 2.39. The zero-order chi connectivity index (χ0) is 25.8. The van der Waals surface area contributed by atoms with Crippen LogP contribution in [0.1, 0.15) is 162 Å². The Bertz CT molecular complexity index is 575. The summed E-state index contributed by atoms with van der Waals surface area (Å²) in [6, 6.07) is 0. The molecule has 4 nitrogen and oxygen atoms in total. The van der Waals surface area contributed by atoms with Crippen molar-refractivity contribution in [2.45, 2.75) is 168 Å². The van der Waals surface area contributed by atoms with Crippen LogP contribution in [0.15, 0.2) is 0 Å². The van der Waals surface area contributed by atoms with Crippen LogP contribution in [-0.2, 0) is 19.1 Å². The van der Waals surface area contributed by atoms with Crippen LogP contribution in [0, 0.1) is 17.8 Å². The minimum absolute atomic E-state index is 0.0326. The Hall–Kier alpha value is -1.06. The van der Waals surface area contributed by atoms with E-state index < -0.39 is 0 Å². The third-order valence-electron chi connectivity index (χ3n) is 8.66. The number of hydrogen-bond donors (Lipinski definition) is 0. The van der Waals surface area contributed by atoms with E-state index in [1.54, 1.807) is 0 Å². The van der Waals surface area contributed by atoms with Gasteiger partial charge in [-0.25, -0.2) is 0 Å². The molecule has 0 heterocycles. The second kappa shape index (κ2) is 20.0. The van der Waals surface area contributed by atoms with E-state index >= 15 is 0 Å². The molecule has 0 spiro atoms. The molecule has 36 heavy (non-hydrogen) atoms. The van der Waals surface area contributed by atoms with Crippen LogP contribution >= 0.6 is 0 Å². The third kappa shape index (κ3) is 13.0. The number of carbonyl (C=O) groups is 2. The lowest BCUT2D eigenvalue weighted by atomic mass is 9.79. The van der Waals surface area contributed by atoms with Gasteiger partial charge in [0.25, 0.3) is 0 Å². The Morgan fingerprint density at radius 2 is 1.03 bits per heavy atom. The van der Waals surface area contributed by atoms with Crippen molar-refractivity contribution in [2.75, 3.05) is 6.61 Å². The van der Waals surface area contributed by atoms with Crippen LogP contribution < -0.4 is 0 Å². The molecule has 4 heteroatoms. The molecule has 0 bridgehead atoms. The highest BCUT2D eigenvalue weighted by atomic mass is 16.5. The molecule has 0 aliphatic heterocycles. The fraction of sp³-hybridized carbons (Fsp3) is 0.938. The van der Waals surface area contributed by atoms with Gasteiger partial charge in [0.1, 0.15) is 6.10 Å². The molecular formula is C32H58O4. The highest BCUT2D eigenvalue weighted by Crippen LogP contribution is 2.34. The SMILES string of the molecule is CCCCCCCCCCCCCCCCCOC(=O)C1CCCCC1C(=O)OC1CCCCC1C. The second-order valence-electron chi connectivity index (χ2n) is 11.9. The Labute approximate surface area is 223 Å². The molecule has 0 aromatic heterocycles. The van der Waals surface area contributed by atoms with Crippen molar-refractivity contribution < 1.29 is 19.1 Å². The fourth-order valence-electron chi connectivity index (χ4n) is 6.14. The van der Waals surface area contributed by atoms with Crippen LogP contribution in [0.2, 0.25) is 0 Å². The summed E-state index contributed by atoms with van der Waals surface area (Å²) in [4.78, 5) is 25.7. The van der Waals surface area contributed by atoms with E-state index in [1.807, 2.05) is 0 Å². The van der Waals surface area contributed by atoms with Gasteiger partial charge in [-0.15, -0.1) is 0 Å². The quantitative estimate of drug-likeness (QED) is 0.129. The monoisotopic (exact) mass is 506 g/mol. The van der Waals surface area contributed by atoms with Gasteiger partial charge in [0.15, 0.2) is 0 Å². The van der Waals surface area contributed by atoms with Gasteiger partial charge < -0.3 is 9.47 Å². The van der Waals surface area contributed by atoms with Gasteiger partial charge in [-0.3, -0.25) is 9.59 Å². The summed E-state index contributed by atoms with van der Waals surface area (Å²) < 4.78 is 11.6. The highest BCUT2D eigenvalue weighted by molar-refractivity contribution is 5.82. The average molecular weight is 507 g/mol. The van der Waals surface area contributed by atoms with E-state index in [4.69, 9.17) is 9.47 Å². The van der Waals surface area contributed by atoms with Gasteiger partial charge in [-0.05, 0) is 44.4 Å².